The number of halogens is 4. The Morgan fingerprint density at radius 3 is 2.47 bits per heavy atom. The fourth-order valence-corrected chi connectivity index (χ4v) is 1.98. The number of rotatable bonds is 3. The lowest BCUT2D eigenvalue weighted by atomic mass is 10.0. The first-order valence-electron chi connectivity index (χ1n) is 4.56. The summed E-state index contributed by atoms with van der Waals surface area (Å²) in [7, 11) is 0. The lowest BCUT2D eigenvalue weighted by Gasteiger charge is -2.14. The normalized spacial score (nSPS) is 13.5. The molecule has 0 bridgehead atoms. The zero-order valence-electron chi connectivity index (χ0n) is 8.46. The molecule has 0 aliphatic carbocycles. The number of benzene rings is 1. The highest BCUT2D eigenvalue weighted by Gasteiger charge is 2.31. The van der Waals surface area contributed by atoms with E-state index in [1.807, 2.05) is 0 Å². The van der Waals surface area contributed by atoms with E-state index in [0.29, 0.717) is 5.56 Å². The Hall–Kier alpha value is -1.08. The maximum Gasteiger partial charge on any atom is 0.416 e. The third kappa shape index (κ3) is 3.71. The van der Waals surface area contributed by atoms with Gasteiger partial charge in [0.15, 0.2) is 0 Å². The number of nitrogens with two attached hydrogens (primary N) is 1. The molecule has 0 spiro atoms. The lowest BCUT2D eigenvalue weighted by Crippen LogP contribution is -2.16. The Labute approximate surface area is 104 Å². The van der Waals surface area contributed by atoms with Gasteiger partial charge in [0.25, 0.3) is 0 Å². The molecule has 0 heterocycles. The van der Waals surface area contributed by atoms with Crippen molar-refractivity contribution in [3.63, 3.8) is 0 Å². The molecule has 0 aliphatic heterocycles. The smallest absolute Gasteiger partial charge is 0.416 e. The summed E-state index contributed by atoms with van der Waals surface area (Å²) in [6.45, 7) is 0. The Bertz CT molecular complexity index is 434. The summed E-state index contributed by atoms with van der Waals surface area (Å²) < 4.78 is 37.2. The highest BCUT2D eigenvalue weighted by atomic mass is 79.9. The van der Waals surface area contributed by atoms with Crippen molar-refractivity contribution in [3.05, 3.63) is 33.8 Å². The summed E-state index contributed by atoms with van der Waals surface area (Å²) in [5, 5.41) is 8.54. The largest absolute Gasteiger partial charge is 0.481 e. The van der Waals surface area contributed by atoms with Gasteiger partial charge in [-0.2, -0.15) is 13.2 Å². The topological polar surface area (TPSA) is 63.3 Å². The van der Waals surface area contributed by atoms with Crippen LogP contribution in [0.2, 0.25) is 0 Å². The first-order chi connectivity index (χ1) is 7.71. The Morgan fingerprint density at radius 1 is 1.47 bits per heavy atom. The third-order valence-corrected chi connectivity index (χ3v) is 2.81. The molecule has 1 rings (SSSR count). The molecule has 0 saturated carbocycles. The Morgan fingerprint density at radius 2 is 2.06 bits per heavy atom. The summed E-state index contributed by atoms with van der Waals surface area (Å²) >= 11 is 2.96. The van der Waals surface area contributed by atoms with E-state index in [1.165, 1.54) is 6.07 Å². The van der Waals surface area contributed by atoms with Gasteiger partial charge in [0.1, 0.15) is 0 Å². The molecule has 0 amide bonds. The molecule has 1 aromatic carbocycles. The average Bonchev–Trinajstić information content (AvgIpc) is 2.14. The second kappa shape index (κ2) is 5.05. The van der Waals surface area contributed by atoms with Crippen LogP contribution in [0.4, 0.5) is 13.2 Å². The minimum absolute atomic E-state index is 0.154. The van der Waals surface area contributed by atoms with Crippen molar-refractivity contribution in [2.45, 2.75) is 18.6 Å². The molecule has 1 unspecified atom stereocenters. The molecule has 0 fully saturated rings. The molecular weight excluding hydrogens is 303 g/mol. The minimum atomic E-state index is -4.43. The van der Waals surface area contributed by atoms with Gasteiger partial charge < -0.3 is 10.8 Å². The van der Waals surface area contributed by atoms with Gasteiger partial charge in [-0.15, -0.1) is 0 Å². The monoisotopic (exact) mass is 311 g/mol. The average molecular weight is 312 g/mol. The van der Waals surface area contributed by atoms with E-state index in [2.05, 4.69) is 15.9 Å². The molecule has 1 atom stereocenters. The number of hydrogen-bond donors (Lipinski definition) is 2. The molecule has 94 valence electrons. The Kier molecular flexibility index (Phi) is 4.16. The SMILES string of the molecule is NC(CC(=O)O)c1ccc(C(F)(F)F)cc1Br. The van der Waals surface area contributed by atoms with Crippen LogP contribution in [0, 0.1) is 0 Å². The van der Waals surface area contributed by atoms with E-state index in [9.17, 15) is 18.0 Å². The summed E-state index contributed by atoms with van der Waals surface area (Å²) in [4.78, 5) is 10.4. The van der Waals surface area contributed by atoms with Crippen LogP contribution in [0.15, 0.2) is 22.7 Å². The molecule has 3 nitrogen and oxygen atoms in total. The van der Waals surface area contributed by atoms with Crippen molar-refractivity contribution >= 4 is 21.9 Å². The highest BCUT2D eigenvalue weighted by Crippen LogP contribution is 2.33. The Balaban J connectivity index is 3.02. The van der Waals surface area contributed by atoms with E-state index in [1.54, 1.807) is 0 Å². The van der Waals surface area contributed by atoms with Crippen LogP contribution < -0.4 is 5.73 Å². The van der Waals surface area contributed by atoms with Gasteiger partial charge in [0.05, 0.1) is 12.0 Å². The molecule has 0 aromatic heterocycles. The van der Waals surface area contributed by atoms with Crippen LogP contribution in [0.3, 0.4) is 0 Å². The number of alkyl halides is 3. The fraction of sp³-hybridized carbons (Fsp3) is 0.300. The van der Waals surface area contributed by atoms with Crippen LogP contribution in [0.5, 0.6) is 0 Å². The number of hydrogen-bond acceptors (Lipinski definition) is 2. The van der Waals surface area contributed by atoms with Crippen molar-refractivity contribution in [2.24, 2.45) is 5.73 Å². The fourth-order valence-electron chi connectivity index (χ4n) is 1.30. The van der Waals surface area contributed by atoms with Crippen LogP contribution in [0.1, 0.15) is 23.6 Å². The van der Waals surface area contributed by atoms with E-state index in [-0.39, 0.29) is 10.9 Å². The lowest BCUT2D eigenvalue weighted by molar-refractivity contribution is -0.138. The molecule has 0 aliphatic rings. The maximum absolute atomic E-state index is 12.4. The molecule has 3 N–H and O–H groups in total. The van der Waals surface area contributed by atoms with Gasteiger partial charge in [-0.25, -0.2) is 0 Å². The standard InChI is InChI=1S/C10H9BrF3NO2/c11-7-3-5(10(12,13)14)1-2-6(7)8(15)4-9(16)17/h1-3,8H,4,15H2,(H,16,17). The predicted octanol–water partition coefficient (Wildman–Crippen LogP) is 2.94. The van der Waals surface area contributed by atoms with Gasteiger partial charge >= 0.3 is 12.1 Å². The number of aliphatic carboxylic acids is 1. The summed E-state index contributed by atoms with van der Waals surface area (Å²) in [5.74, 6) is -1.11. The van der Waals surface area contributed by atoms with Gasteiger partial charge in [-0.05, 0) is 17.7 Å². The number of carboxylic acid groups (broad SMARTS) is 1. The van der Waals surface area contributed by atoms with E-state index < -0.39 is 23.8 Å². The molecule has 7 heteroatoms. The third-order valence-electron chi connectivity index (χ3n) is 2.12. The van der Waals surface area contributed by atoms with Crippen molar-refractivity contribution < 1.29 is 23.1 Å². The van der Waals surface area contributed by atoms with Gasteiger partial charge in [0, 0.05) is 10.5 Å². The summed E-state index contributed by atoms with van der Waals surface area (Å²) in [6, 6.07) is 2.10. The molecule has 1 aromatic rings. The molecule has 0 saturated heterocycles. The van der Waals surface area contributed by atoms with Gasteiger partial charge in [0.2, 0.25) is 0 Å². The maximum atomic E-state index is 12.4. The van der Waals surface area contributed by atoms with Crippen LogP contribution in [-0.2, 0) is 11.0 Å². The van der Waals surface area contributed by atoms with Gasteiger partial charge in [-0.1, -0.05) is 22.0 Å². The van der Waals surface area contributed by atoms with E-state index in [4.69, 9.17) is 10.8 Å². The second-order valence-electron chi connectivity index (χ2n) is 3.44. The molecule has 17 heavy (non-hydrogen) atoms. The summed E-state index contributed by atoms with van der Waals surface area (Å²) in [6.07, 6.45) is -4.78. The van der Waals surface area contributed by atoms with Crippen LogP contribution in [0.25, 0.3) is 0 Å². The number of carboxylic acids is 1. The number of carbonyl (C=O) groups is 1. The molecule has 0 radical (unpaired) electrons. The first-order valence-corrected chi connectivity index (χ1v) is 5.35. The van der Waals surface area contributed by atoms with Gasteiger partial charge in [-0.3, -0.25) is 4.79 Å². The second-order valence-corrected chi connectivity index (χ2v) is 4.29. The van der Waals surface area contributed by atoms with Crippen LogP contribution >= 0.6 is 15.9 Å². The zero-order chi connectivity index (χ0) is 13.2. The summed E-state index contributed by atoms with van der Waals surface area (Å²) in [5.41, 5.74) is 5.09. The van der Waals surface area contributed by atoms with Crippen molar-refractivity contribution in [1.29, 1.82) is 0 Å². The van der Waals surface area contributed by atoms with E-state index in [0.717, 1.165) is 12.1 Å². The van der Waals surface area contributed by atoms with Crippen molar-refractivity contribution in [3.8, 4) is 0 Å². The minimum Gasteiger partial charge on any atom is -0.481 e. The predicted molar refractivity (Wildman–Crippen MR) is 58.3 cm³/mol. The van der Waals surface area contributed by atoms with Crippen molar-refractivity contribution in [2.75, 3.05) is 0 Å². The van der Waals surface area contributed by atoms with Crippen molar-refractivity contribution in [1.82, 2.24) is 0 Å². The van der Waals surface area contributed by atoms with E-state index >= 15 is 0 Å². The van der Waals surface area contributed by atoms with Crippen LogP contribution in [-0.4, -0.2) is 11.1 Å². The first kappa shape index (κ1) is 14.0. The zero-order valence-corrected chi connectivity index (χ0v) is 10.0. The quantitative estimate of drug-likeness (QED) is 0.902. The molecular formula is C10H9BrF3NO2. The highest BCUT2D eigenvalue weighted by molar-refractivity contribution is 9.10.